The Bertz CT molecular complexity index is 2120. The number of aromatic amines is 1. The molecule has 260 valence electrons. The summed E-state index contributed by atoms with van der Waals surface area (Å²) < 4.78 is 48.7. The maximum atomic E-state index is 13.2. The van der Waals surface area contributed by atoms with Crippen molar-refractivity contribution in [2.45, 2.75) is 19.0 Å². The molecule has 0 saturated heterocycles. The lowest BCUT2D eigenvalue weighted by Gasteiger charge is -2.09. The van der Waals surface area contributed by atoms with Gasteiger partial charge in [-0.1, -0.05) is 89.9 Å². The van der Waals surface area contributed by atoms with Crippen LogP contribution in [0.3, 0.4) is 0 Å². The number of imidazole rings is 1. The van der Waals surface area contributed by atoms with Gasteiger partial charge in [-0.05, 0) is 76.9 Å². The molecule has 0 aliphatic heterocycles. The van der Waals surface area contributed by atoms with Gasteiger partial charge in [0.05, 0.1) is 41.6 Å². The van der Waals surface area contributed by atoms with Crippen molar-refractivity contribution in [1.29, 1.82) is 0 Å². The van der Waals surface area contributed by atoms with Crippen molar-refractivity contribution < 1.29 is 32.2 Å². The topological polar surface area (TPSA) is 81.3 Å². The van der Waals surface area contributed by atoms with Gasteiger partial charge < -0.3 is 14.5 Å². The zero-order chi connectivity index (χ0) is 36.5. The van der Waals surface area contributed by atoms with Crippen LogP contribution < -0.4 is 0 Å². The van der Waals surface area contributed by atoms with Crippen molar-refractivity contribution in [2.24, 2.45) is 0 Å². The minimum atomic E-state index is -4.40. The summed E-state index contributed by atoms with van der Waals surface area (Å²) >= 11 is 12.7. The van der Waals surface area contributed by atoms with E-state index in [1.54, 1.807) is 66.7 Å². The number of aromatic nitrogens is 2. The second-order valence-corrected chi connectivity index (χ2v) is 12.2. The lowest BCUT2D eigenvalue weighted by Crippen LogP contribution is -2.04. The summed E-state index contributed by atoms with van der Waals surface area (Å²) in [4.78, 5) is 30.9. The monoisotopic (exact) mass is 730 g/mol. The number of esters is 2. The Morgan fingerprint density at radius 1 is 0.686 bits per heavy atom. The number of nitrogens with one attached hydrogen (secondary N) is 1. The van der Waals surface area contributed by atoms with Gasteiger partial charge in [-0.3, -0.25) is 0 Å². The lowest BCUT2D eigenvalue weighted by molar-refractivity contribution is -0.137. The van der Waals surface area contributed by atoms with Gasteiger partial charge in [0.1, 0.15) is 5.82 Å². The third-order valence-corrected chi connectivity index (χ3v) is 8.36. The molecule has 0 unspecified atom stereocenters. The molecule has 0 atom stereocenters. The quantitative estimate of drug-likeness (QED) is 0.158. The number of methoxy groups -OCH3 is 2. The Kier molecular flexibility index (Phi) is 12.0. The molecule has 1 N–H and O–H groups in total. The van der Waals surface area contributed by atoms with Crippen molar-refractivity contribution in [2.75, 3.05) is 14.2 Å². The van der Waals surface area contributed by atoms with Gasteiger partial charge in [-0.25, -0.2) is 14.6 Å². The number of hydrogen-bond acceptors (Lipinski definition) is 5. The van der Waals surface area contributed by atoms with E-state index in [2.05, 4.69) is 9.72 Å². The van der Waals surface area contributed by atoms with Crippen LogP contribution in [-0.4, -0.2) is 36.1 Å². The Labute approximate surface area is 302 Å². The molecule has 0 radical (unpaired) electrons. The molecule has 6 nitrogen and oxygen atoms in total. The number of rotatable bonds is 8. The number of carbonyl (C=O) groups is 2. The highest BCUT2D eigenvalue weighted by atomic mass is 35.5. The highest BCUT2D eigenvalue weighted by molar-refractivity contribution is 6.36. The highest BCUT2D eigenvalue weighted by Crippen LogP contribution is 2.34. The van der Waals surface area contributed by atoms with Crippen LogP contribution in [0.5, 0.6) is 0 Å². The number of hydrogen-bond donors (Lipinski definition) is 1. The van der Waals surface area contributed by atoms with Crippen molar-refractivity contribution in [3.05, 3.63) is 171 Å². The van der Waals surface area contributed by atoms with Crippen LogP contribution in [-0.2, 0) is 28.5 Å². The molecule has 0 aliphatic carbocycles. The molecule has 0 fully saturated rings. The first-order chi connectivity index (χ1) is 24.4. The number of ether oxygens (including phenoxy) is 2. The number of alkyl halides is 3. The molecule has 0 amide bonds. The van der Waals surface area contributed by atoms with Crippen molar-refractivity contribution in [3.63, 3.8) is 0 Å². The van der Waals surface area contributed by atoms with Gasteiger partial charge in [-0.2, -0.15) is 13.2 Å². The smallest absolute Gasteiger partial charge is 0.416 e. The van der Waals surface area contributed by atoms with Gasteiger partial charge in [0, 0.05) is 29.1 Å². The third-order valence-electron chi connectivity index (χ3n) is 7.81. The van der Waals surface area contributed by atoms with E-state index in [4.69, 9.17) is 32.9 Å². The molecule has 0 saturated carbocycles. The second-order valence-electron chi connectivity index (χ2n) is 11.3. The summed E-state index contributed by atoms with van der Waals surface area (Å²) in [7, 11) is 2.71. The van der Waals surface area contributed by atoms with Gasteiger partial charge >= 0.3 is 18.1 Å². The first-order valence-electron chi connectivity index (χ1n) is 15.6. The predicted molar refractivity (Wildman–Crippen MR) is 192 cm³/mol. The van der Waals surface area contributed by atoms with Crippen LogP contribution in [0.15, 0.2) is 121 Å². The molecule has 1 aromatic heterocycles. The Morgan fingerprint density at radius 2 is 1.29 bits per heavy atom. The van der Waals surface area contributed by atoms with E-state index >= 15 is 0 Å². The van der Waals surface area contributed by atoms with Crippen LogP contribution in [0.2, 0.25) is 10.0 Å². The minimum absolute atomic E-state index is 0.291. The van der Waals surface area contributed by atoms with Crippen molar-refractivity contribution in [3.8, 4) is 22.4 Å². The molecular weight excluding hydrogens is 700 g/mol. The average molecular weight is 732 g/mol. The van der Waals surface area contributed by atoms with E-state index < -0.39 is 17.7 Å². The molecular formula is C40H31Cl2F3N2O4. The van der Waals surface area contributed by atoms with Gasteiger partial charge in [0.25, 0.3) is 0 Å². The summed E-state index contributed by atoms with van der Waals surface area (Å²) in [6, 6.07) is 33.8. The maximum Gasteiger partial charge on any atom is 0.416 e. The van der Waals surface area contributed by atoms with E-state index in [9.17, 15) is 22.8 Å². The Hall–Kier alpha value is -5.38. The number of benzene rings is 5. The highest BCUT2D eigenvalue weighted by Gasteiger charge is 2.30. The SMILES string of the molecule is COC(=O)c1ccc(Cc2[nH]c(Cc3ccc(-c4cccc(C(F)(F)F)c4)cc3)nc2-c2ccc(Cl)cc2Cl)cc1.COC(=O)c1ccccc1. The van der Waals surface area contributed by atoms with E-state index in [1.807, 2.05) is 36.4 Å². The van der Waals surface area contributed by atoms with Gasteiger partial charge in [0.2, 0.25) is 0 Å². The molecule has 0 spiro atoms. The third kappa shape index (κ3) is 9.66. The standard InChI is InChI=1S/C32H23Cl2F3N2O2.C8H8O2/c1-41-31(40)22-11-7-19(8-12-22)15-28-30(26-14-13-25(33)18-27(26)34)39-29(38-28)16-20-5-9-21(10-6-20)23-3-2-4-24(17-23)32(35,36)37;1-10-8(9)7-5-3-2-4-6-7/h2-14,17-18H,15-16H2,1H3,(H,38,39);2-6H,1H3. The van der Waals surface area contributed by atoms with Crippen LogP contribution in [0, 0.1) is 0 Å². The maximum absolute atomic E-state index is 13.2. The fourth-order valence-corrected chi connectivity index (χ4v) is 5.73. The largest absolute Gasteiger partial charge is 0.465 e. The molecule has 1 heterocycles. The zero-order valence-electron chi connectivity index (χ0n) is 27.4. The molecule has 51 heavy (non-hydrogen) atoms. The second kappa shape index (κ2) is 16.6. The number of carbonyl (C=O) groups excluding carboxylic acids is 2. The van der Waals surface area contributed by atoms with Crippen LogP contribution in [0.4, 0.5) is 13.2 Å². The summed E-state index contributed by atoms with van der Waals surface area (Å²) in [5.41, 5.74) is 5.64. The summed E-state index contributed by atoms with van der Waals surface area (Å²) in [5, 5.41) is 0.971. The van der Waals surface area contributed by atoms with Crippen LogP contribution in [0.1, 0.15) is 48.9 Å². The molecule has 0 aliphatic rings. The number of H-pyrrole nitrogens is 1. The lowest BCUT2D eigenvalue weighted by atomic mass is 10.0. The van der Waals surface area contributed by atoms with E-state index in [1.165, 1.54) is 20.3 Å². The summed E-state index contributed by atoms with van der Waals surface area (Å²) in [5.74, 6) is -0.00676. The van der Waals surface area contributed by atoms with Crippen molar-refractivity contribution >= 4 is 35.1 Å². The molecule has 0 bridgehead atoms. The number of halogens is 5. The molecule has 11 heteroatoms. The molecule has 6 aromatic rings. The molecule has 5 aromatic carbocycles. The zero-order valence-corrected chi connectivity index (χ0v) is 28.9. The predicted octanol–water partition coefficient (Wildman–Crippen LogP) is 10.5. The van der Waals surface area contributed by atoms with Crippen molar-refractivity contribution in [1.82, 2.24) is 9.97 Å². The Morgan fingerprint density at radius 3 is 1.90 bits per heavy atom. The van der Waals surface area contributed by atoms with Crippen LogP contribution in [0.25, 0.3) is 22.4 Å². The summed E-state index contributed by atoms with van der Waals surface area (Å²) in [6.07, 6.45) is -3.44. The fraction of sp³-hybridized carbons (Fsp3) is 0.125. The first kappa shape index (κ1) is 36.9. The van der Waals surface area contributed by atoms with E-state index in [-0.39, 0.29) is 5.97 Å². The fourth-order valence-electron chi connectivity index (χ4n) is 5.24. The average Bonchev–Trinajstić information content (AvgIpc) is 3.52. The van der Waals surface area contributed by atoms with Gasteiger partial charge in [0.15, 0.2) is 0 Å². The molecule has 6 rings (SSSR count). The first-order valence-corrected chi connectivity index (χ1v) is 16.3. The van der Waals surface area contributed by atoms with Crippen LogP contribution >= 0.6 is 23.2 Å². The van der Waals surface area contributed by atoms with E-state index in [0.29, 0.717) is 56.7 Å². The summed E-state index contributed by atoms with van der Waals surface area (Å²) in [6.45, 7) is 0. The Balaban J connectivity index is 0.000000435. The minimum Gasteiger partial charge on any atom is -0.465 e. The van der Waals surface area contributed by atoms with E-state index in [0.717, 1.165) is 34.5 Å². The normalized spacial score (nSPS) is 11.0. The number of nitrogens with zero attached hydrogens (tertiary/aromatic N) is 1. The van der Waals surface area contributed by atoms with Gasteiger partial charge in [-0.15, -0.1) is 0 Å².